The van der Waals surface area contributed by atoms with Crippen LogP contribution >= 0.6 is 0 Å². The minimum absolute atomic E-state index is 0.0704. The summed E-state index contributed by atoms with van der Waals surface area (Å²) in [6.07, 6.45) is 5.10. The van der Waals surface area contributed by atoms with E-state index in [4.69, 9.17) is 10.5 Å². The highest BCUT2D eigenvalue weighted by atomic mass is 19.1. The highest BCUT2D eigenvalue weighted by molar-refractivity contribution is 5.29. The minimum Gasteiger partial charge on any atom is -0.489 e. The van der Waals surface area contributed by atoms with Crippen LogP contribution in [0.1, 0.15) is 18.9 Å². The molecule has 0 spiro atoms. The molecule has 1 aromatic carbocycles. The largest absolute Gasteiger partial charge is 0.489 e. The zero-order valence-electron chi connectivity index (χ0n) is 11.6. The summed E-state index contributed by atoms with van der Waals surface area (Å²) in [6, 6.07) is 6.93. The van der Waals surface area contributed by atoms with Gasteiger partial charge in [-0.05, 0) is 36.6 Å². The molecule has 2 N–H and O–H groups in total. The fraction of sp³-hybridized carbons (Fsp3) is 0.400. The molecule has 5 heteroatoms. The molecule has 0 fully saturated rings. The van der Waals surface area contributed by atoms with Crippen molar-refractivity contribution in [3.05, 3.63) is 48.0 Å². The van der Waals surface area contributed by atoms with Gasteiger partial charge in [-0.15, -0.1) is 0 Å². The van der Waals surface area contributed by atoms with Gasteiger partial charge in [-0.1, -0.05) is 13.0 Å². The van der Waals surface area contributed by atoms with Crippen molar-refractivity contribution < 1.29 is 9.13 Å². The second kappa shape index (κ2) is 7.05. The molecule has 0 amide bonds. The Hall–Kier alpha value is -1.88. The molecule has 108 valence electrons. The van der Waals surface area contributed by atoms with Crippen molar-refractivity contribution in [3.8, 4) is 5.75 Å². The van der Waals surface area contributed by atoms with Gasteiger partial charge in [-0.2, -0.15) is 5.10 Å². The van der Waals surface area contributed by atoms with Crippen molar-refractivity contribution in [1.82, 2.24) is 9.78 Å². The Morgan fingerprint density at radius 2 is 2.30 bits per heavy atom. The SMILES string of the molecule is CCC(N)Cc1ccc(OCCn2cccn2)c(F)c1. The molecule has 1 unspecified atom stereocenters. The van der Waals surface area contributed by atoms with Crippen LogP contribution in [0.15, 0.2) is 36.7 Å². The molecule has 0 aliphatic heterocycles. The average molecular weight is 277 g/mol. The molecule has 4 nitrogen and oxygen atoms in total. The Balaban J connectivity index is 1.88. The van der Waals surface area contributed by atoms with Crippen LogP contribution in [0, 0.1) is 5.82 Å². The van der Waals surface area contributed by atoms with E-state index in [0.717, 1.165) is 12.0 Å². The molecule has 0 aliphatic carbocycles. The number of benzene rings is 1. The first kappa shape index (κ1) is 14.5. The van der Waals surface area contributed by atoms with Gasteiger partial charge in [0.2, 0.25) is 0 Å². The Morgan fingerprint density at radius 3 is 2.95 bits per heavy atom. The van der Waals surface area contributed by atoms with Gasteiger partial charge >= 0.3 is 0 Å². The highest BCUT2D eigenvalue weighted by Gasteiger charge is 2.07. The van der Waals surface area contributed by atoms with E-state index in [-0.39, 0.29) is 17.6 Å². The van der Waals surface area contributed by atoms with Crippen molar-refractivity contribution in [2.75, 3.05) is 6.61 Å². The molecular formula is C15H20FN3O. The number of hydrogen-bond acceptors (Lipinski definition) is 3. The first-order valence-electron chi connectivity index (χ1n) is 6.83. The fourth-order valence-corrected chi connectivity index (χ4v) is 1.92. The van der Waals surface area contributed by atoms with Gasteiger partial charge in [0.15, 0.2) is 11.6 Å². The van der Waals surface area contributed by atoms with Crippen LogP contribution in [0.4, 0.5) is 4.39 Å². The number of halogens is 1. The number of ether oxygens (including phenoxy) is 1. The Morgan fingerprint density at radius 1 is 1.45 bits per heavy atom. The third kappa shape index (κ3) is 4.06. The number of nitrogens with zero attached hydrogens (tertiary/aromatic N) is 2. The molecule has 0 aliphatic rings. The smallest absolute Gasteiger partial charge is 0.165 e. The van der Waals surface area contributed by atoms with Gasteiger partial charge in [-0.3, -0.25) is 4.68 Å². The predicted octanol–water partition coefficient (Wildman–Crippen LogP) is 2.38. The summed E-state index contributed by atoms with van der Waals surface area (Å²) in [4.78, 5) is 0. The summed E-state index contributed by atoms with van der Waals surface area (Å²) in [6.45, 7) is 3.00. The monoisotopic (exact) mass is 277 g/mol. The van der Waals surface area contributed by atoms with Crippen molar-refractivity contribution in [3.63, 3.8) is 0 Å². The summed E-state index contributed by atoms with van der Waals surface area (Å²) in [7, 11) is 0. The van der Waals surface area contributed by atoms with Crippen LogP contribution in [-0.4, -0.2) is 22.4 Å². The summed E-state index contributed by atoms with van der Waals surface area (Å²) in [5, 5.41) is 4.06. The second-order valence-corrected chi connectivity index (χ2v) is 4.75. The number of aromatic nitrogens is 2. The summed E-state index contributed by atoms with van der Waals surface area (Å²) >= 11 is 0. The van der Waals surface area contributed by atoms with Crippen molar-refractivity contribution in [2.24, 2.45) is 5.73 Å². The molecule has 1 atom stereocenters. The summed E-state index contributed by atoms with van der Waals surface area (Å²) in [5.41, 5.74) is 6.76. The Bertz CT molecular complexity index is 528. The van der Waals surface area contributed by atoms with E-state index in [1.54, 1.807) is 16.9 Å². The van der Waals surface area contributed by atoms with Gasteiger partial charge in [0.05, 0.1) is 6.54 Å². The number of nitrogens with two attached hydrogens (primary N) is 1. The van der Waals surface area contributed by atoms with E-state index in [0.29, 0.717) is 19.6 Å². The predicted molar refractivity (Wildman–Crippen MR) is 76.1 cm³/mol. The maximum absolute atomic E-state index is 13.9. The highest BCUT2D eigenvalue weighted by Crippen LogP contribution is 2.19. The number of rotatable bonds is 7. The van der Waals surface area contributed by atoms with E-state index in [1.165, 1.54) is 6.07 Å². The van der Waals surface area contributed by atoms with Crippen LogP contribution in [0.3, 0.4) is 0 Å². The van der Waals surface area contributed by atoms with E-state index in [2.05, 4.69) is 5.10 Å². The maximum Gasteiger partial charge on any atom is 0.165 e. The molecular weight excluding hydrogens is 257 g/mol. The number of hydrogen-bond donors (Lipinski definition) is 1. The minimum atomic E-state index is -0.341. The lowest BCUT2D eigenvalue weighted by atomic mass is 10.0. The molecule has 1 aromatic heterocycles. The van der Waals surface area contributed by atoms with Crippen molar-refractivity contribution >= 4 is 0 Å². The van der Waals surface area contributed by atoms with Gasteiger partial charge in [0, 0.05) is 18.4 Å². The van der Waals surface area contributed by atoms with E-state index >= 15 is 0 Å². The lowest BCUT2D eigenvalue weighted by molar-refractivity contribution is 0.278. The molecule has 0 saturated heterocycles. The molecule has 20 heavy (non-hydrogen) atoms. The fourth-order valence-electron chi connectivity index (χ4n) is 1.92. The van der Waals surface area contributed by atoms with Gasteiger partial charge < -0.3 is 10.5 Å². The van der Waals surface area contributed by atoms with E-state index in [9.17, 15) is 4.39 Å². The first-order chi connectivity index (χ1) is 9.69. The average Bonchev–Trinajstić information content (AvgIpc) is 2.94. The van der Waals surface area contributed by atoms with Crippen LogP contribution in [0.2, 0.25) is 0 Å². The quantitative estimate of drug-likeness (QED) is 0.845. The van der Waals surface area contributed by atoms with Gasteiger partial charge in [0.1, 0.15) is 6.61 Å². The van der Waals surface area contributed by atoms with Gasteiger partial charge in [0.25, 0.3) is 0 Å². The molecule has 0 bridgehead atoms. The van der Waals surface area contributed by atoms with Gasteiger partial charge in [-0.25, -0.2) is 4.39 Å². The van der Waals surface area contributed by atoms with E-state index < -0.39 is 0 Å². The normalized spacial score (nSPS) is 12.3. The van der Waals surface area contributed by atoms with E-state index in [1.807, 2.05) is 25.3 Å². The third-order valence-electron chi connectivity index (χ3n) is 3.16. The van der Waals surface area contributed by atoms with Crippen molar-refractivity contribution in [1.29, 1.82) is 0 Å². The summed E-state index contributed by atoms with van der Waals surface area (Å²) < 4.78 is 21.1. The zero-order chi connectivity index (χ0) is 14.4. The van der Waals surface area contributed by atoms with Crippen LogP contribution in [-0.2, 0) is 13.0 Å². The summed E-state index contributed by atoms with van der Waals surface area (Å²) in [5.74, 6) is -0.0720. The van der Waals surface area contributed by atoms with Crippen molar-refractivity contribution in [2.45, 2.75) is 32.4 Å². The Labute approximate surface area is 118 Å². The molecule has 0 radical (unpaired) electrons. The zero-order valence-corrected chi connectivity index (χ0v) is 11.6. The molecule has 0 saturated carbocycles. The molecule has 1 heterocycles. The second-order valence-electron chi connectivity index (χ2n) is 4.75. The lowest BCUT2D eigenvalue weighted by Crippen LogP contribution is -2.21. The molecule has 2 rings (SSSR count). The molecule has 2 aromatic rings. The lowest BCUT2D eigenvalue weighted by Gasteiger charge is -2.11. The van der Waals surface area contributed by atoms with Crippen LogP contribution in [0.25, 0.3) is 0 Å². The van der Waals surface area contributed by atoms with Crippen LogP contribution < -0.4 is 10.5 Å². The van der Waals surface area contributed by atoms with Crippen LogP contribution in [0.5, 0.6) is 5.75 Å². The third-order valence-corrected chi connectivity index (χ3v) is 3.16. The standard InChI is InChI=1S/C15H20FN3O/c1-2-13(17)10-12-4-5-15(14(16)11-12)20-9-8-19-7-3-6-18-19/h3-7,11,13H,2,8-10,17H2,1H3. The maximum atomic E-state index is 13.9. The Kier molecular flexibility index (Phi) is 5.12. The topological polar surface area (TPSA) is 53.1 Å². The first-order valence-corrected chi connectivity index (χ1v) is 6.83.